The Morgan fingerprint density at radius 2 is 1.84 bits per heavy atom. The molecule has 1 fully saturated rings. The van der Waals surface area contributed by atoms with Crippen molar-refractivity contribution in [3.8, 4) is 17.5 Å². The predicted octanol–water partition coefficient (Wildman–Crippen LogP) is 4.10. The van der Waals surface area contributed by atoms with Gasteiger partial charge in [0.25, 0.3) is 5.89 Å². The Morgan fingerprint density at radius 3 is 2.59 bits per heavy atom. The van der Waals surface area contributed by atoms with Crippen LogP contribution in [-0.4, -0.2) is 56.2 Å². The lowest BCUT2D eigenvalue weighted by atomic mass is 10.1. The van der Waals surface area contributed by atoms with Crippen LogP contribution in [0.1, 0.15) is 28.5 Å². The number of aromatic nitrogens is 5. The van der Waals surface area contributed by atoms with Gasteiger partial charge in [-0.2, -0.15) is 10.2 Å². The number of nitrogens with one attached hydrogen (secondary N) is 1. The zero-order valence-corrected chi connectivity index (χ0v) is 20.6. The maximum absolute atomic E-state index is 9.01. The molecule has 1 saturated heterocycles. The highest BCUT2D eigenvalue weighted by atomic mass is 16.5. The zero-order chi connectivity index (χ0) is 25.2. The molecule has 1 N–H and O–H groups in total. The molecule has 9 nitrogen and oxygen atoms in total. The first-order valence-corrected chi connectivity index (χ1v) is 12.3. The van der Waals surface area contributed by atoms with Crippen LogP contribution in [0.5, 0.6) is 0 Å². The Kier molecular flexibility index (Phi) is 6.08. The van der Waals surface area contributed by atoms with E-state index in [4.69, 9.17) is 14.8 Å². The van der Waals surface area contributed by atoms with Crippen molar-refractivity contribution in [2.45, 2.75) is 19.9 Å². The topological polar surface area (TPSA) is 111 Å². The fourth-order valence-corrected chi connectivity index (χ4v) is 4.76. The molecule has 0 aliphatic carbocycles. The van der Waals surface area contributed by atoms with Crippen LogP contribution < -0.4 is 4.90 Å². The maximum atomic E-state index is 9.01. The van der Waals surface area contributed by atoms with Gasteiger partial charge >= 0.3 is 0 Å². The third-order valence-electron chi connectivity index (χ3n) is 6.68. The number of aromatic amines is 1. The van der Waals surface area contributed by atoms with E-state index in [2.05, 4.69) is 48.1 Å². The molecule has 5 aromatic rings. The molecule has 6 rings (SSSR count). The lowest BCUT2D eigenvalue weighted by molar-refractivity contribution is 0.250. The van der Waals surface area contributed by atoms with Gasteiger partial charge in [0.1, 0.15) is 5.82 Å². The summed E-state index contributed by atoms with van der Waals surface area (Å²) in [5.74, 6) is 1.98. The molecule has 184 valence electrons. The summed E-state index contributed by atoms with van der Waals surface area (Å²) in [4.78, 5) is 21.9. The zero-order valence-electron chi connectivity index (χ0n) is 20.6. The first-order valence-electron chi connectivity index (χ1n) is 12.3. The fourth-order valence-electron chi connectivity index (χ4n) is 4.76. The molecule has 0 radical (unpaired) electrons. The van der Waals surface area contributed by atoms with E-state index in [0.717, 1.165) is 60.8 Å². The molecule has 0 amide bonds. The summed E-state index contributed by atoms with van der Waals surface area (Å²) in [7, 11) is 0. The van der Waals surface area contributed by atoms with Crippen LogP contribution in [0, 0.1) is 18.3 Å². The van der Waals surface area contributed by atoms with E-state index < -0.39 is 0 Å². The number of rotatable bonds is 6. The number of pyridine rings is 1. The van der Waals surface area contributed by atoms with Crippen molar-refractivity contribution in [1.82, 2.24) is 30.0 Å². The summed E-state index contributed by atoms with van der Waals surface area (Å²) in [6, 6.07) is 20.2. The van der Waals surface area contributed by atoms with Crippen molar-refractivity contribution in [1.29, 1.82) is 5.26 Å². The summed E-state index contributed by atoms with van der Waals surface area (Å²) in [5.41, 5.74) is 6.80. The van der Waals surface area contributed by atoms with Gasteiger partial charge in [0, 0.05) is 62.3 Å². The van der Waals surface area contributed by atoms with Gasteiger partial charge in [-0.05, 0) is 67.1 Å². The average Bonchev–Trinajstić information content (AvgIpc) is 3.54. The number of nitriles is 1. The van der Waals surface area contributed by atoms with Crippen molar-refractivity contribution in [3.63, 3.8) is 0 Å². The molecule has 9 heteroatoms. The largest absolute Gasteiger partial charge is 0.369 e. The van der Waals surface area contributed by atoms with Crippen molar-refractivity contribution < 1.29 is 4.52 Å². The van der Waals surface area contributed by atoms with Gasteiger partial charge in [0.05, 0.1) is 22.7 Å². The molecule has 0 spiro atoms. The molecule has 0 bridgehead atoms. The average molecular weight is 491 g/mol. The summed E-state index contributed by atoms with van der Waals surface area (Å²) in [5, 5.41) is 12.9. The minimum atomic E-state index is 0.502. The number of nitrogens with zero attached hydrogens (tertiary/aromatic N) is 7. The van der Waals surface area contributed by atoms with E-state index in [-0.39, 0.29) is 0 Å². The van der Waals surface area contributed by atoms with Crippen LogP contribution in [-0.2, 0) is 13.0 Å². The highest BCUT2D eigenvalue weighted by Gasteiger charge is 2.18. The molecule has 0 atom stereocenters. The second-order valence-electron chi connectivity index (χ2n) is 9.32. The number of hydrogen-bond donors (Lipinski definition) is 1. The Hall–Kier alpha value is -4.55. The smallest absolute Gasteiger partial charge is 0.257 e. The lowest BCUT2D eigenvalue weighted by Crippen LogP contribution is -2.45. The molecular formula is C28H26N8O. The first-order chi connectivity index (χ1) is 18.1. The second-order valence-corrected chi connectivity index (χ2v) is 9.32. The molecule has 4 heterocycles. The molecule has 1 aliphatic rings. The summed E-state index contributed by atoms with van der Waals surface area (Å²) >= 11 is 0. The van der Waals surface area contributed by atoms with Crippen LogP contribution >= 0.6 is 0 Å². The lowest BCUT2D eigenvalue weighted by Gasteiger charge is -2.36. The molecule has 0 unspecified atom stereocenters. The third-order valence-corrected chi connectivity index (χ3v) is 6.68. The molecule has 2 aromatic carbocycles. The van der Waals surface area contributed by atoms with Crippen molar-refractivity contribution in [2.75, 3.05) is 31.1 Å². The van der Waals surface area contributed by atoms with E-state index in [9.17, 15) is 0 Å². The van der Waals surface area contributed by atoms with E-state index in [1.54, 1.807) is 6.92 Å². The number of hydrogen-bond acceptors (Lipinski definition) is 8. The van der Waals surface area contributed by atoms with Gasteiger partial charge in [0.2, 0.25) is 0 Å². The standard InChI is InChI=1S/C28H26N8O/c1-19-31-28(37-34-19)22-4-7-25-26(15-22)33-27(32-25)16-23-14-21(8-9-30-23)18-35-10-12-36(13-11-35)24-5-2-20(17-29)3-6-24/h2-9,14-15H,10-13,16,18H2,1H3,(H,32,33). The Labute approximate surface area is 214 Å². The first kappa shape index (κ1) is 22.9. The molecule has 1 aliphatic heterocycles. The minimum Gasteiger partial charge on any atom is -0.369 e. The second kappa shape index (κ2) is 9.84. The number of benzene rings is 2. The van der Waals surface area contributed by atoms with E-state index in [1.807, 2.05) is 48.7 Å². The summed E-state index contributed by atoms with van der Waals surface area (Å²) in [6.45, 7) is 6.61. The van der Waals surface area contributed by atoms with E-state index in [1.165, 1.54) is 11.3 Å². The van der Waals surface area contributed by atoms with Crippen LogP contribution in [0.25, 0.3) is 22.5 Å². The number of anilines is 1. The number of fused-ring (bicyclic) bond motifs is 1. The maximum Gasteiger partial charge on any atom is 0.257 e. The third kappa shape index (κ3) is 5.06. The summed E-state index contributed by atoms with van der Waals surface area (Å²) < 4.78 is 5.29. The minimum absolute atomic E-state index is 0.502. The highest BCUT2D eigenvalue weighted by Crippen LogP contribution is 2.23. The van der Waals surface area contributed by atoms with Crippen LogP contribution in [0.2, 0.25) is 0 Å². The predicted molar refractivity (Wildman–Crippen MR) is 140 cm³/mol. The number of imidazole rings is 1. The Bertz CT molecular complexity index is 1570. The molecular weight excluding hydrogens is 464 g/mol. The van der Waals surface area contributed by atoms with Crippen molar-refractivity contribution in [3.05, 3.63) is 89.3 Å². The van der Waals surface area contributed by atoms with Gasteiger partial charge in [0.15, 0.2) is 5.82 Å². The molecule has 3 aromatic heterocycles. The van der Waals surface area contributed by atoms with Gasteiger partial charge in [-0.25, -0.2) is 4.98 Å². The SMILES string of the molecule is Cc1noc(-c2ccc3nc(Cc4cc(CN5CCN(c6ccc(C#N)cc6)CC5)ccn4)[nH]c3c2)n1. The van der Waals surface area contributed by atoms with Gasteiger partial charge in [-0.3, -0.25) is 9.88 Å². The quantitative estimate of drug-likeness (QED) is 0.379. The van der Waals surface area contributed by atoms with Gasteiger partial charge in [-0.1, -0.05) is 5.16 Å². The number of aryl methyl sites for hydroxylation is 1. The van der Waals surface area contributed by atoms with Gasteiger partial charge in [-0.15, -0.1) is 0 Å². The normalized spacial score (nSPS) is 14.2. The number of H-pyrrole nitrogens is 1. The van der Waals surface area contributed by atoms with E-state index in [0.29, 0.717) is 23.7 Å². The van der Waals surface area contributed by atoms with Crippen molar-refractivity contribution in [2.24, 2.45) is 0 Å². The monoisotopic (exact) mass is 490 g/mol. The van der Waals surface area contributed by atoms with Gasteiger partial charge < -0.3 is 14.4 Å². The number of piperazine rings is 1. The fraction of sp³-hybridized carbons (Fsp3) is 0.250. The Balaban J connectivity index is 1.09. The van der Waals surface area contributed by atoms with E-state index >= 15 is 0 Å². The van der Waals surface area contributed by atoms with Crippen LogP contribution in [0.4, 0.5) is 5.69 Å². The van der Waals surface area contributed by atoms with Crippen LogP contribution in [0.3, 0.4) is 0 Å². The molecule has 0 saturated carbocycles. The molecule has 37 heavy (non-hydrogen) atoms. The van der Waals surface area contributed by atoms with Crippen molar-refractivity contribution >= 4 is 16.7 Å². The Morgan fingerprint density at radius 1 is 1.00 bits per heavy atom. The summed E-state index contributed by atoms with van der Waals surface area (Å²) in [6.07, 6.45) is 2.51. The highest BCUT2D eigenvalue weighted by molar-refractivity contribution is 5.80. The van der Waals surface area contributed by atoms with Crippen LogP contribution in [0.15, 0.2) is 65.3 Å².